The van der Waals surface area contributed by atoms with Crippen LogP contribution in [0.2, 0.25) is 0 Å². The Morgan fingerprint density at radius 3 is 2.84 bits per heavy atom. The number of aliphatic hydroxyl groups is 1. The van der Waals surface area contributed by atoms with Crippen LogP contribution >= 0.6 is 0 Å². The molecule has 2 atom stereocenters. The van der Waals surface area contributed by atoms with Crippen molar-refractivity contribution in [3.05, 3.63) is 35.4 Å². The van der Waals surface area contributed by atoms with Crippen LogP contribution in [0.1, 0.15) is 64.0 Å². The van der Waals surface area contributed by atoms with E-state index in [1.807, 2.05) is 0 Å². The van der Waals surface area contributed by atoms with Gasteiger partial charge in [-0.2, -0.15) is 0 Å². The molecule has 0 saturated heterocycles. The Balaban J connectivity index is 2.20. The van der Waals surface area contributed by atoms with Crippen LogP contribution in [0.15, 0.2) is 24.3 Å². The molecule has 0 radical (unpaired) electrons. The molecule has 1 fully saturated rings. The minimum Gasteiger partial charge on any atom is -0.385 e. The van der Waals surface area contributed by atoms with E-state index in [0.29, 0.717) is 11.8 Å². The highest BCUT2D eigenvalue weighted by Gasteiger charge is 2.36. The molecule has 1 aromatic rings. The van der Waals surface area contributed by atoms with Crippen LogP contribution in [0.25, 0.3) is 0 Å². The first-order valence-electron chi connectivity index (χ1n) is 7.87. The first-order chi connectivity index (χ1) is 9.05. The van der Waals surface area contributed by atoms with E-state index in [0.717, 1.165) is 37.7 Å². The van der Waals surface area contributed by atoms with Gasteiger partial charge in [-0.25, -0.2) is 0 Å². The summed E-state index contributed by atoms with van der Waals surface area (Å²) in [5, 5.41) is 11.1. The lowest BCUT2D eigenvalue weighted by atomic mass is 9.71. The monoisotopic (exact) mass is 260 g/mol. The average Bonchev–Trinajstić information content (AvgIpc) is 2.39. The maximum atomic E-state index is 11.1. The fraction of sp³-hybridized carbons (Fsp3) is 0.667. The van der Waals surface area contributed by atoms with E-state index >= 15 is 0 Å². The molecule has 106 valence electrons. The summed E-state index contributed by atoms with van der Waals surface area (Å²) in [6, 6.07) is 8.63. The van der Waals surface area contributed by atoms with Gasteiger partial charge in [-0.3, -0.25) is 0 Å². The zero-order valence-electron chi connectivity index (χ0n) is 12.7. The van der Waals surface area contributed by atoms with Gasteiger partial charge >= 0.3 is 0 Å². The van der Waals surface area contributed by atoms with Crippen molar-refractivity contribution in [2.75, 3.05) is 0 Å². The second-order valence-electron chi connectivity index (χ2n) is 6.58. The Bertz CT molecular complexity index is 410. The molecule has 0 heterocycles. The fourth-order valence-electron chi connectivity index (χ4n) is 3.43. The van der Waals surface area contributed by atoms with Gasteiger partial charge in [-0.05, 0) is 55.1 Å². The van der Waals surface area contributed by atoms with Crippen LogP contribution in [0.3, 0.4) is 0 Å². The molecule has 1 N–H and O–H groups in total. The Labute approximate surface area is 118 Å². The smallest absolute Gasteiger partial charge is 0.0899 e. The summed E-state index contributed by atoms with van der Waals surface area (Å²) >= 11 is 0. The molecular formula is C18H28O. The summed E-state index contributed by atoms with van der Waals surface area (Å²) in [7, 11) is 0. The van der Waals surface area contributed by atoms with Gasteiger partial charge in [0.1, 0.15) is 0 Å². The molecule has 1 aromatic carbocycles. The van der Waals surface area contributed by atoms with Crippen LogP contribution in [0.5, 0.6) is 0 Å². The molecule has 0 spiro atoms. The summed E-state index contributed by atoms with van der Waals surface area (Å²) in [6.45, 7) is 6.77. The molecule has 2 rings (SSSR count). The quantitative estimate of drug-likeness (QED) is 0.834. The third-order valence-electron chi connectivity index (χ3n) is 4.71. The summed E-state index contributed by atoms with van der Waals surface area (Å²) < 4.78 is 0. The topological polar surface area (TPSA) is 20.2 Å². The van der Waals surface area contributed by atoms with Crippen LogP contribution in [0.4, 0.5) is 0 Å². The van der Waals surface area contributed by atoms with Gasteiger partial charge in [0, 0.05) is 0 Å². The van der Waals surface area contributed by atoms with Gasteiger partial charge in [0.05, 0.1) is 5.60 Å². The van der Waals surface area contributed by atoms with Crippen molar-refractivity contribution in [2.45, 2.75) is 64.9 Å². The Morgan fingerprint density at radius 1 is 1.37 bits per heavy atom. The van der Waals surface area contributed by atoms with E-state index in [2.05, 4.69) is 45.0 Å². The second kappa shape index (κ2) is 6.09. The molecule has 0 aliphatic heterocycles. The summed E-state index contributed by atoms with van der Waals surface area (Å²) in [6.07, 6.45) is 6.55. The third-order valence-corrected chi connectivity index (χ3v) is 4.71. The molecule has 1 nitrogen and oxygen atoms in total. The zero-order valence-corrected chi connectivity index (χ0v) is 12.7. The average molecular weight is 260 g/mol. The highest BCUT2D eigenvalue weighted by atomic mass is 16.3. The van der Waals surface area contributed by atoms with Gasteiger partial charge in [0.25, 0.3) is 0 Å². The Morgan fingerprint density at radius 2 is 2.16 bits per heavy atom. The lowest BCUT2D eigenvalue weighted by Gasteiger charge is -2.39. The normalized spacial score (nSPS) is 27.7. The zero-order chi connectivity index (χ0) is 13.9. The van der Waals surface area contributed by atoms with E-state index in [1.165, 1.54) is 12.0 Å². The molecule has 0 bridgehead atoms. The number of hydrogen-bond donors (Lipinski definition) is 1. The maximum absolute atomic E-state index is 11.1. The Hall–Kier alpha value is -0.820. The van der Waals surface area contributed by atoms with Crippen LogP contribution < -0.4 is 0 Å². The Kier molecular flexibility index (Phi) is 4.67. The SMILES string of the molecule is CCCc1cccc(C2(O)CCCC(C(C)C)C2)c1. The molecule has 0 aromatic heterocycles. The highest BCUT2D eigenvalue weighted by Crippen LogP contribution is 2.42. The molecule has 1 saturated carbocycles. The first kappa shape index (κ1) is 14.6. The van der Waals surface area contributed by atoms with Crippen molar-refractivity contribution in [3.8, 4) is 0 Å². The fourth-order valence-corrected chi connectivity index (χ4v) is 3.43. The minimum atomic E-state index is -0.586. The third kappa shape index (κ3) is 3.39. The van der Waals surface area contributed by atoms with Gasteiger partial charge in [0.15, 0.2) is 0 Å². The van der Waals surface area contributed by atoms with Gasteiger partial charge < -0.3 is 5.11 Å². The van der Waals surface area contributed by atoms with E-state index < -0.39 is 5.60 Å². The number of rotatable bonds is 4. The largest absolute Gasteiger partial charge is 0.385 e. The van der Waals surface area contributed by atoms with Gasteiger partial charge in [0.2, 0.25) is 0 Å². The van der Waals surface area contributed by atoms with E-state index in [9.17, 15) is 5.11 Å². The van der Waals surface area contributed by atoms with Crippen molar-refractivity contribution < 1.29 is 5.11 Å². The molecule has 0 amide bonds. The molecule has 2 unspecified atom stereocenters. The van der Waals surface area contributed by atoms with Crippen molar-refractivity contribution >= 4 is 0 Å². The second-order valence-corrected chi connectivity index (χ2v) is 6.58. The maximum Gasteiger partial charge on any atom is 0.0899 e. The van der Waals surface area contributed by atoms with E-state index in [4.69, 9.17) is 0 Å². The standard InChI is InChI=1S/C18H28O/c1-4-7-15-8-5-10-17(12-15)18(19)11-6-9-16(13-18)14(2)3/h5,8,10,12,14,16,19H,4,6-7,9,11,13H2,1-3H3. The summed E-state index contributed by atoms with van der Waals surface area (Å²) in [5.74, 6) is 1.33. The predicted octanol–water partition coefficient (Wildman–Crippen LogP) is 4.67. The number of hydrogen-bond acceptors (Lipinski definition) is 1. The summed E-state index contributed by atoms with van der Waals surface area (Å²) in [4.78, 5) is 0. The van der Waals surface area contributed by atoms with Gasteiger partial charge in [-0.1, -0.05) is 51.5 Å². The highest BCUT2D eigenvalue weighted by molar-refractivity contribution is 5.29. The minimum absolute atomic E-state index is 0.586. The van der Waals surface area contributed by atoms with Crippen LogP contribution in [-0.2, 0) is 12.0 Å². The molecule has 1 aliphatic carbocycles. The number of benzene rings is 1. The lowest BCUT2D eigenvalue weighted by molar-refractivity contribution is -0.0295. The van der Waals surface area contributed by atoms with Crippen molar-refractivity contribution in [3.63, 3.8) is 0 Å². The van der Waals surface area contributed by atoms with E-state index in [-0.39, 0.29) is 0 Å². The van der Waals surface area contributed by atoms with Crippen molar-refractivity contribution in [2.24, 2.45) is 11.8 Å². The van der Waals surface area contributed by atoms with Crippen LogP contribution in [0, 0.1) is 11.8 Å². The predicted molar refractivity (Wildman–Crippen MR) is 81.1 cm³/mol. The number of aryl methyl sites for hydroxylation is 1. The first-order valence-corrected chi connectivity index (χ1v) is 7.87. The van der Waals surface area contributed by atoms with Gasteiger partial charge in [-0.15, -0.1) is 0 Å². The molecular weight excluding hydrogens is 232 g/mol. The summed E-state index contributed by atoms with van der Waals surface area (Å²) in [5.41, 5.74) is 1.92. The van der Waals surface area contributed by atoms with Crippen molar-refractivity contribution in [1.29, 1.82) is 0 Å². The van der Waals surface area contributed by atoms with Crippen molar-refractivity contribution in [1.82, 2.24) is 0 Å². The molecule has 1 aliphatic rings. The molecule has 1 heteroatoms. The molecule has 19 heavy (non-hydrogen) atoms. The lowest BCUT2D eigenvalue weighted by Crippen LogP contribution is -2.34. The van der Waals surface area contributed by atoms with Crippen LogP contribution in [-0.4, -0.2) is 5.11 Å². The van der Waals surface area contributed by atoms with E-state index in [1.54, 1.807) is 0 Å².